The number of carboxylic acid groups (broad SMARTS) is 1. The molecule has 100 valence electrons. The fourth-order valence-electron chi connectivity index (χ4n) is 2.41. The van der Waals surface area contributed by atoms with Gasteiger partial charge in [0, 0.05) is 18.3 Å². The van der Waals surface area contributed by atoms with E-state index in [1.165, 1.54) is 0 Å². The number of nitrogens with one attached hydrogen (secondary N) is 3. The van der Waals surface area contributed by atoms with Crippen molar-refractivity contribution in [2.24, 2.45) is 0 Å². The van der Waals surface area contributed by atoms with Gasteiger partial charge in [0.1, 0.15) is 6.04 Å². The van der Waals surface area contributed by atoms with E-state index in [0.717, 1.165) is 11.3 Å². The molecule has 19 heavy (non-hydrogen) atoms. The summed E-state index contributed by atoms with van der Waals surface area (Å²) in [5, 5.41) is 13.9. The molecule has 6 heteroatoms. The molecule has 2 aliphatic heterocycles. The van der Waals surface area contributed by atoms with E-state index in [4.69, 9.17) is 5.11 Å². The standard InChI is InChI=1S/C13H16N4O2/c18-13(19)11-6-10(7-14-11)17-8-12(15-16-17)9-4-2-1-3-5-9/h1-5,8,10-11,14-16H,6-7H2,(H,18,19)/t10-,11-/m0/s1. The number of nitrogens with zero attached hydrogens (tertiary/aromatic N) is 1. The second-order valence-electron chi connectivity index (χ2n) is 4.74. The highest BCUT2D eigenvalue weighted by molar-refractivity contribution is 5.74. The third-order valence-corrected chi connectivity index (χ3v) is 3.47. The summed E-state index contributed by atoms with van der Waals surface area (Å²) in [6.45, 7) is 0.657. The smallest absolute Gasteiger partial charge is 0.320 e. The van der Waals surface area contributed by atoms with Gasteiger partial charge in [-0.15, -0.1) is 5.53 Å². The molecular weight excluding hydrogens is 244 g/mol. The summed E-state index contributed by atoms with van der Waals surface area (Å²) in [7, 11) is 0. The molecule has 2 heterocycles. The first-order valence-corrected chi connectivity index (χ1v) is 6.27. The van der Waals surface area contributed by atoms with Crippen molar-refractivity contribution in [2.45, 2.75) is 18.5 Å². The molecule has 0 saturated carbocycles. The van der Waals surface area contributed by atoms with Crippen molar-refractivity contribution in [3.8, 4) is 0 Å². The maximum absolute atomic E-state index is 10.9. The molecule has 0 radical (unpaired) electrons. The van der Waals surface area contributed by atoms with Crippen LogP contribution in [0, 0.1) is 0 Å². The summed E-state index contributed by atoms with van der Waals surface area (Å²) >= 11 is 0. The predicted molar refractivity (Wildman–Crippen MR) is 70.4 cm³/mol. The monoisotopic (exact) mass is 260 g/mol. The van der Waals surface area contributed by atoms with E-state index in [-0.39, 0.29) is 6.04 Å². The molecule has 0 amide bonds. The van der Waals surface area contributed by atoms with Crippen molar-refractivity contribution in [1.29, 1.82) is 0 Å². The highest BCUT2D eigenvalue weighted by Gasteiger charge is 2.33. The number of hydrazine groups is 2. The second-order valence-corrected chi connectivity index (χ2v) is 4.74. The highest BCUT2D eigenvalue weighted by atomic mass is 16.4. The molecule has 1 aromatic carbocycles. The van der Waals surface area contributed by atoms with E-state index in [0.29, 0.717) is 13.0 Å². The van der Waals surface area contributed by atoms with Gasteiger partial charge in [-0.25, -0.2) is 0 Å². The Balaban J connectivity index is 1.69. The Hall–Kier alpha value is -2.05. The van der Waals surface area contributed by atoms with E-state index in [1.54, 1.807) is 0 Å². The lowest BCUT2D eigenvalue weighted by Gasteiger charge is -2.21. The second kappa shape index (κ2) is 4.91. The number of hydrogen-bond donors (Lipinski definition) is 4. The Kier molecular flexibility index (Phi) is 3.10. The largest absolute Gasteiger partial charge is 0.480 e. The normalized spacial score (nSPS) is 26.1. The molecule has 0 aliphatic carbocycles. The highest BCUT2D eigenvalue weighted by Crippen LogP contribution is 2.19. The van der Waals surface area contributed by atoms with Gasteiger partial charge < -0.3 is 15.8 Å². The minimum absolute atomic E-state index is 0.134. The van der Waals surface area contributed by atoms with Crippen molar-refractivity contribution >= 4 is 11.7 Å². The number of carbonyl (C=O) groups is 1. The van der Waals surface area contributed by atoms with Crippen molar-refractivity contribution < 1.29 is 9.90 Å². The van der Waals surface area contributed by atoms with E-state index in [9.17, 15) is 4.79 Å². The maximum atomic E-state index is 10.9. The molecule has 0 aromatic heterocycles. The minimum Gasteiger partial charge on any atom is -0.480 e. The van der Waals surface area contributed by atoms with Crippen LogP contribution in [0.2, 0.25) is 0 Å². The average Bonchev–Trinajstić information content (AvgIpc) is 3.09. The van der Waals surface area contributed by atoms with Crippen LogP contribution in [-0.4, -0.2) is 34.7 Å². The maximum Gasteiger partial charge on any atom is 0.320 e. The van der Waals surface area contributed by atoms with Gasteiger partial charge in [-0.3, -0.25) is 9.80 Å². The lowest BCUT2D eigenvalue weighted by atomic mass is 10.1. The fraction of sp³-hybridized carbons (Fsp3) is 0.308. The fourth-order valence-corrected chi connectivity index (χ4v) is 2.41. The van der Waals surface area contributed by atoms with Gasteiger partial charge >= 0.3 is 5.97 Å². The van der Waals surface area contributed by atoms with Crippen molar-refractivity contribution in [3.63, 3.8) is 0 Å². The third-order valence-electron chi connectivity index (χ3n) is 3.47. The Morgan fingerprint density at radius 2 is 2.11 bits per heavy atom. The SMILES string of the molecule is O=C(O)[C@@H]1C[C@H](N2C=C(c3ccccc3)NN2)CN1. The summed E-state index contributed by atoms with van der Waals surface area (Å²) in [6.07, 6.45) is 2.56. The van der Waals surface area contributed by atoms with Crippen LogP contribution in [0.4, 0.5) is 0 Å². The number of carboxylic acids is 1. The molecule has 2 atom stereocenters. The predicted octanol–water partition coefficient (Wildman–Crippen LogP) is 0.125. The molecular formula is C13H16N4O2. The van der Waals surface area contributed by atoms with Crippen LogP contribution in [0.5, 0.6) is 0 Å². The zero-order valence-corrected chi connectivity index (χ0v) is 10.3. The zero-order chi connectivity index (χ0) is 13.2. The quantitative estimate of drug-likeness (QED) is 0.619. The summed E-state index contributed by atoms with van der Waals surface area (Å²) in [6, 6.07) is 9.67. The Morgan fingerprint density at radius 3 is 2.79 bits per heavy atom. The summed E-state index contributed by atoms with van der Waals surface area (Å²) in [5.74, 6) is -0.790. The van der Waals surface area contributed by atoms with E-state index < -0.39 is 12.0 Å². The van der Waals surface area contributed by atoms with Crippen LogP contribution in [0.3, 0.4) is 0 Å². The van der Waals surface area contributed by atoms with Crippen LogP contribution in [-0.2, 0) is 4.79 Å². The van der Waals surface area contributed by atoms with Gasteiger partial charge in [-0.05, 0) is 6.42 Å². The van der Waals surface area contributed by atoms with Crippen LogP contribution in [0.15, 0.2) is 36.5 Å². The first-order chi connectivity index (χ1) is 9.24. The molecule has 0 spiro atoms. The summed E-state index contributed by atoms with van der Waals surface area (Å²) in [5.41, 5.74) is 8.25. The Morgan fingerprint density at radius 1 is 1.32 bits per heavy atom. The lowest BCUT2D eigenvalue weighted by Crippen LogP contribution is -2.43. The Bertz CT molecular complexity index is 503. The van der Waals surface area contributed by atoms with Gasteiger partial charge in [0.15, 0.2) is 0 Å². The molecule has 1 saturated heterocycles. The minimum atomic E-state index is -0.790. The molecule has 0 unspecified atom stereocenters. The molecule has 3 rings (SSSR count). The number of benzene rings is 1. The lowest BCUT2D eigenvalue weighted by molar-refractivity contribution is -0.139. The summed E-state index contributed by atoms with van der Waals surface area (Å²) in [4.78, 5) is 10.9. The van der Waals surface area contributed by atoms with E-state index in [1.807, 2.05) is 41.5 Å². The van der Waals surface area contributed by atoms with Gasteiger partial charge in [0.05, 0.1) is 11.7 Å². The molecule has 4 N–H and O–H groups in total. The van der Waals surface area contributed by atoms with Crippen LogP contribution in [0.1, 0.15) is 12.0 Å². The molecule has 2 aliphatic rings. The van der Waals surface area contributed by atoms with E-state index in [2.05, 4.69) is 16.3 Å². The number of hydrogen-bond acceptors (Lipinski definition) is 5. The first-order valence-electron chi connectivity index (χ1n) is 6.27. The number of rotatable bonds is 3. The van der Waals surface area contributed by atoms with Gasteiger partial charge in [0.2, 0.25) is 0 Å². The van der Waals surface area contributed by atoms with Crippen LogP contribution >= 0.6 is 0 Å². The molecule has 6 nitrogen and oxygen atoms in total. The van der Waals surface area contributed by atoms with Crippen molar-refractivity contribution in [3.05, 3.63) is 42.1 Å². The topological polar surface area (TPSA) is 76.6 Å². The van der Waals surface area contributed by atoms with Gasteiger partial charge in [-0.2, -0.15) is 0 Å². The summed E-state index contributed by atoms with van der Waals surface area (Å²) < 4.78 is 0. The van der Waals surface area contributed by atoms with E-state index >= 15 is 0 Å². The van der Waals surface area contributed by atoms with Gasteiger partial charge in [0.25, 0.3) is 0 Å². The third kappa shape index (κ3) is 2.40. The first kappa shape index (κ1) is 12.0. The molecule has 1 fully saturated rings. The Labute approximate surface area is 111 Å². The zero-order valence-electron chi connectivity index (χ0n) is 10.3. The molecule has 1 aromatic rings. The number of aliphatic carboxylic acids is 1. The van der Waals surface area contributed by atoms with Gasteiger partial charge in [-0.1, -0.05) is 30.3 Å². The average molecular weight is 260 g/mol. The van der Waals surface area contributed by atoms with Crippen molar-refractivity contribution in [1.82, 2.24) is 21.3 Å². The van der Waals surface area contributed by atoms with Crippen LogP contribution < -0.4 is 16.3 Å². The van der Waals surface area contributed by atoms with Crippen molar-refractivity contribution in [2.75, 3.05) is 6.54 Å². The van der Waals surface area contributed by atoms with Crippen LogP contribution in [0.25, 0.3) is 5.70 Å². The molecule has 0 bridgehead atoms.